The van der Waals surface area contributed by atoms with E-state index in [1.807, 2.05) is 6.92 Å². The van der Waals surface area contributed by atoms with Crippen LogP contribution in [0.3, 0.4) is 0 Å². The first kappa shape index (κ1) is 15.7. The number of halogens is 1. The Hall–Kier alpha value is -0.700. The molecule has 6 nitrogen and oxygen atoms in total. The fraction of sp³-hybridized carbons (Fsp3) is 0.636. The van der Waals surface area contributed by atoms with Crippen molar-refractivity contribution in [3.05, 3.63) is 20.5 Å². The Kier molecular flexibility index (Phi) is 4.38. The topological polar surface area (TPSA) is 89.3 Å². The maximum atomic E-state index is 12.1. The van der Waals surface area contributed by atoms with Gasteiger partial charge in [-0.2, -0.15) is 0 Å². The lowest BCUT2D eigenvalue weighted by molar-refractivity contribution is -0.384. The molecule has 1 saturated carbocycles. The van der Waals surface area contributed by atoms with Gasteiger partial charge in [0, 0.05) is 12.6 Å². The molecule has 1 aromatic heterocycles. The first-order valence-corrected chi connectivity index (χ1v) is 8.85. The minimum Gasteiger partial charge on any atom is -0.258 e. The van der Waals surface area contributed by atoms with Crippen molar-refractivity contribution in [2.24, 2.45) is 5.41 Å². The van der Waals surface area contributed by atoms with Gasteiger partial charge in [0.15, 0.2) is 4.34 Å². The number of hydrogen-bond acceptors (Lipinski definition) is 5. The van der Waals surface area contributed by atoms with E-state index in [1.165, 1.54) is 0 Å². The summed E-state index contributed by atoms with van der Waals surface area (Å²) in [6.07, 6.45) is 4.19. The molecule has 9 heteroatoms. The van der Waals surface area contributed by atoms with Crippen LogP contribution in [0.15, 0.2) is 10.3 Å². The van der Waals surface area contributed by atoms with Crippen molar-refractivity contribution >= 4 is 38.6 Å². The second-order valence-corrected chi connectivity index (χ2v) is 8.97. The largest absolute Gasteiger partial charge is 0.300 e. The lowest BCUT2D eigenvalue weighted by Gasteiger charge is -2.23. The summed E-state index contributed by atoms with van der Waals surface area (Å²) >= 11 is 6.39. The van der Waals surface area contributed by atoms with Gasteiger partial charge in [0.05, 0.1) is 4.92 Å². The van der Waals surface area contributed by atoms with Gasteiger partial charge in [-0.15, -0.1) is 11.3 Å². The van der Waals surface area contributed by atoms with Crippen molar-refractivity contribution < 1.29 is 13.3 Å². The van der Waals surface area contributed by atoms with Crippen LogP contribution in [-0.2, 0) is 10.0 Å². The second-order valence-electron chi connectivity index (χ2n) is 5.32. The van der Waals surface area contributed by atoms with Crippen molar-refractivity contribution in [2.75, 3.05) is 6.54 Å². The fourth-order valence-electron chi connectivity index (χ4n) is 2.34. The third-order valence-electron chi connectivity index (χ3n) is 3.61. The van der Waals surface area contributed by atoms with Crippen molar-refractivity contribution in [3.8, 4) is 0 Å². The summed E-state index contributed by atoms with van der Waals surface area (Å²) in [5, 5.41) is 10.7. The molecule has 1 fully saturated rings. The second kappa shape index (κ2) is 5.59. The van der Waals surface area contributed by atoms with Gasteiger partial charge in [-0.05, 0) is 18.3 Å². The Morgan fingerprint density at radius 3 is 2.60 bits per heavy atom. The summed E-state index contributed by atoms with van der Waals surface area (Å²) < 4.78 is 26.6. The van der Waals surface area contributed by atoms with Gasteiger partial charge in [0.1, 0.15) is 4.21 Å². The van der Waals surface area contributed by atoms with Crippen LogP contribution >= 0.6 is 22.9 Å². The molecule has 0 spiro atoms. The Morgan fingerprint density at radius 1 is 1.50 bits per heavy atom. The van der Waals surface area contributed by atoms with Gasteiger partial charge in [0.2, 0.25) is 10.0 Å². The summed E-state index contributed by atoms with van der Waals surface area (Å²) in [7, 11) is -3.74. The first-order valence-electron chi connectivity index (χ1n) is 6.17. The predicted octanol–water partition coefficient (Wildman–Crippen LogP) is 3.17. The third-order valence-corrected chi connectivity index (χ3v) is 6.82. The molecule has 2 rings (SSSR count). The van der Waals surface area contributed by atoms with Crippen LogP contribution in [-0.4, -0.2) is 19.9 Å². The Labute approximate surface area is 126 Å². The number of nitrogens with zero attached hydrogens (tertiary/aromatic N) is 1. The lowest BCUT2D eigenvalue weighted by Crippen LogP contribution is -2.33. The van der Waals surface area contributed by atoms with Crippen molar-refractivity contribution in [3.63, 3.8) is 0 Å². The summed E-state index contributed by atoms with van der Waals surface area (Å²) in [6, 6.07) is 1.01. The number of sulfonamides is 1. The smallest absolute Gasteiger partial charge is 0.258 e. The molecule has 1 N–H and O–H groups in total. The maximum Gasteiger partial charge on any atom is 0.300 e. The highest BCUT2D eigenvalue weighted by Crippen LogP contribution is 2.38. The summed E-state index contributed by atoms with van der Waals surface area (Å²) in [4.78, 5) is 10.0. The first-order chi connectivity index (χ1) is 9.23. The fourth-order valence-corrected chi connectivity index (χ4v) is 5.25. The van der Waals surface area contributed by atoms with E-state index < -0.39 is 14.9 Å². The number of nitro groups is 1. The quantitative estimate of drug-likeness (QED) is 0.659. The van der Waals surface area contributed by atoms with Gasteiger partial charge < -0.3 is 0 Å². The molecule has 1 aliphatic rings. The average Bonchev–Trinajstić information content (AvgIpc) is 2.94. The molecule has 1 aliphatic carbocycles. The summed E-state index contributed by atoms with van der Waals surface area (Å²) in [6.45, 7) is 2.39. The zero-order valence-electron chi connectivity index (χ0n) is 10.9. The maximum absolute atomic E-state index is 12.1. The van der Waals surface area contributed by atoms with E-state index >= 15 is 0 Å². The third kappa shape index (κ3) is 3.30. The monoisotopic (exact) mass is 338 g/mol. The highest BCUT2D eigenvalue weighted by Gasteiger charge is 2.31. The molecule has 0 amide bonds. The van der Waals surface area contributed by atoms with Crippen LogP contribution in [0, 0.1) is 15.5 Å². The Balaban J connectivity index is 2.14. The molecular weight excluding hydrogens is 324 g/mol. The molecule has 1 heterocycles. The number of thiophene rings is 1. The Bertz CT molecular complexity index is 620. The van der Waals surface area contributed by atoms with E-state index in [9.17, 15) is 18.5 Å². The molecule has 0 aliphatic heterocycles. The lowest BCUT2D eigenvalue weighted by atomic mass is 9.89. The molecule has 0 saturated heterocycles. The Morgan fingerprint density at radius 2 is 2.10 bits per heavy atom. The van der Waals surface area contributed by atoms with Crippen LogP contribution < -0.4 is 4.72 Å². The molecule has 20 heavy (non-hydrogen) atoms. The molecule has 112 valence electrons. The average molecular weight is 339 g/mol. The summed E-state index contributed by atoms with van der Waals surface area (Å²) in [5.74, 6) is 0. The van der Waals surface area contributed by atoms with E-state index in [4.69, 9.17) is 11.6 Å². The summed E-state index contributed by atoms with van der Waals surface area (Å²) in [5.41, 5.74) is -0.399. The van der Waals surface area contributed by atoms with Crippen LogP contribution in [0.25, 0.3) is 0 Å². The number of rotatable bonds is 5. The molecule has 1 aromatic rings. The molecule has 0 aromatic carbocycles. The molecule has 0 radical (unpaired) electrons. The number of hydrogen-bond donors (Lipinski definition) is 1. The van der Waals surface area contributed by atoms with Crippen molar-refractivity contribution in [2.45, 2.75) is 36.8 Å². The van der Waals surface area contributed by atoms with Gasteiger partial charge in [-0.25, -0.2) is 13.1 Å². The van der Waals surface area contributed by atoms with Crippen molar-refractivity contribution in [1.29, 1.82) is 0 Å². The SMILES string of the molecule is CC1(CNS(=O)(=O)c2cc([N+](=O)[O-])c(Cl)s2)CCCC1. The number of nitrogens with one attached hydrogen (secondary N) is 1. The van der Waals surface area contributed by atoms with Gasteiger partial charge in [-0.3, -0.25) is 10.1 Å². The van der Waals surface area contributed by atoms with Crippen LogP contribution in [0.1, 0.15) is 32.6 Å². The highest BCUT2D eigenvalue weighted by molar-refractivity contribution is 7.91. The molecular formula is C11H15ClN2O4S2. The molecule has 0 unspecified atom stereocenters. The van der Waals surface area contributed by atoms with E-state index in [2.05, 4.69) is 4.72 Å². The van der Waals surface area contributed by atoms with Crippen LogP contribution in [0.5, 0.6) is 0 Å². The normalized spacial score (nSPS) is 18.3. The minimum absolute atomic E-state index is 0.0277. The van der Waals surface area contributed by atoms with Gasteiger partial charge in [0.25, 0.3) is 5.69 Å². The zero-order valence-corrected chi connectivity index (χ0v) is 13.3. The molecule has 0 atom stereocenters. The molecule has 0 bridgehead atoms. The van der Waals surface area contributed by atoms with Crippen LogP contribution in [0.4, 0.5) is 5.69 Å². The minimum atomic E-state index is -3.74. The standard InChI is InChI=1S/C11H15ClN2O4S2/c1-11(4-2-3-5-11)7-13-20(17,18)9-6-8(14(15)16)10(12)19-9/h6,13H,2-5,7H2,1H3. The van der Waals surface area contributed by atoms with Crippen LogP contribution in [0.2, 0.25) is 4.34 Å². The van der Waals surface area contributed by atoms with E-state index in [1.54, 1.807) is 0 Å². The van der Waals surface area contributed by atoms with E-state index in [-0.39, 0.29) is 19.6 Å². The van der Waals surface area contributed by atoms with E-state index in [0.717, 1.165) is 31.7 Å². The predicted molar refractivity (Wildman–Crippen MR) is 77.7 cm³/mol. The van der Waals surface area contributed by atoms with Gasteiger partial charge in [-0.1, -0.05) is 31.4 Å². The highest BCUT2D eigenvalue weighted by atomic mass is 35.5. The van der Waals surface area contributed by atoms with Gasteiger partial charge >= 0.3 is 0 Å². The van der Waals surface area contributed by atoms with Crippen molar-refractivity contribution in [1.82, 2.24) is 4.72 Å². The zero-order chi connectivity index (χ0) is 15.0. The van der Waals surface area contributed by atoms with E-state index in [0.29, 0.717) is 17.9 Å².